The second kappa shape index (κ2) is 9.19. The highest BCUT2D eigenvalue weighted by atomic mass is 16.5. The highest BCUT2D eigenvalue weighted by Gasteiger charge is 2.28. The Morgan fingerprint density at radius 1 is 1.17 bits per heavy atom. The first-order chi connectivity index (χ1) is 14.3. The fourth-order valence-electron chi connectivity index (χ4n) is 3.75. The minimum absolute atomic E-state index is 0.153. The standard InChI is InChI=1S/C22H28N2O6/c1-5-6-16-13-19(25)30-20-14(2)18(8-7-17(16)20)29-15(3)21(26)23-9-11-24(12-10-23)22(27)28-4/h7-8,13,15H,5-6,9-12H2,1-4H3. The van der Waals surface area contributed by atoms with E-state index < -0.39 is 6.10 Å². The van der Waals surface area contributed by atoms with Crippen molar-refractivity contribution in [1.29, 1.82) is 0 Å². The van der Waals surface area contributed by atoms with Crippen molar-refractivity contribution < 1.29 is 23.5 Å². The van der Waals surface area contributed by atoms with Gasteiger partial charge in [0.15, 0.2) is 6.10 Å². The van der Waals surface area contributed by atoms with E-state index in [0.717, 1.165) is 23.8 Å². The lowest BCUT2D eigenvalue weighted by atomic mass is 10.0. The number of rotatable bonds is 5. The second-order valence-corrected chi connectivity index (χ2v) is 7.45. The number of ether oxygens (including phenoxy) is 2. The molecule has 2 heterocycles. The number of methoxy groups -OCH3 is 1. The number of carbonyl (C=O) groups is 2. The van der Waals surface area contributed by atoms with Crippen LogP contribution in [0, 0.1) is 6.92 Å². The molecule has 1 saturated heterocycles. The summed E-state index contributed by atoms with van der Waals surface area (Å²) in [6, 6.07) is 5.22. The number of hydrogen-bond acceptors (Lipinski definition) is 6. The van der Waals surface area contributed by atoms with Crippen LogP contribution >= 0.6 is 0 Å². The van der Waals surface area contributed by atoms with Gasteiger partial charge in [0.25, 0.3) is 5.91 Å². The minimum atomic E-state index is -0.712. The van der Waals surface area contributed by atoms with Crippen LogP contribution in [-0.2, 0) is 16.0 Å². The van der Waals surface area contributed by atoms with E-state index in [9.17, 15) is 14.4 Å². The van der Waals surface area contributed by atoms with Crippen molar-refractivity contribution in [1.82, 2.24) is 9.80 Å². The number of hydrogen-bond donors (Lipinski definition) is 0. The van der Waals surface area contributed by atoms with Gasteiger partial charge in [-0.25, -0.2) is 9.59 Å². The summed E-state index contributed by atoms with van der Waals surface area (Å²) < 4.78 is 16.1. The Kier molecular flexibility index (Phi) is 6.64. The second-order valence-electron chi connectivity index (χ2n) is 7.45. The van der Waals surface area contributed by atoms with Crippen molar-refractivity contribution >= 4 is 23.0 Å². The molecule has 30 heavy (non-hydrogen) atoms. The predicted octanol–water partition coefficient (Wildman–Crippen LogP) is 2.73. The maximum atomic E-state index is 12.8. The zero-order valence-corrected chi connectivity index (χ0v) is 17.9. The van der Waals surface area contributed by atoms with Gasteiger partial charge >= 0.3 is 11.7 Å². The summed E-state index contributed by atoms with van der Waals surface area (Å²) >= 11 is 0. The number of amides is 2. The van der Waals surface area contributed by atoms with Crippen molar-refractivity contribution in [2.75, 3.05) is 33.3 Å². The van der Waals surface area contributed by atoms with Crippen LogP contribution in [0.2, 0.25) is 0 Å². The Labute approximate surface area is 175 Å². The molecule has 1 unspecified atom stereocenters. The molecule has 1 aliphatic heterocycles. The van der Waals surface area contributed by atoms with Gasteiger partial charge in [-0.3, -0.25) is 4.79 Å². The summed E-state index contributed by atoms with van der Waals surface area (Å²) in [5.41, 5.74) is 1.75. The number of aryl methyl sites for hydroxylation is 2. The zero-order valence-electron chi connectivity index (χ0n) is 17.9. The van der Waals surface area contributed by atoms with Crippen molar-refractivity contribution in [2.45, 2.75) is 39.7 Å². The molecule has 2 aromatic rings. The third-order valence-corrected chi connectivity index (χ3v) is 5.39. The van der Waals surface area contributed by atoms with Crippen LogP contribution in [0.25, 0.3) is 11.0 Å². The molecule has 1 fully saturated rings. The largest absolute Gasteiger partial charge is 0.480 e. The highest BCUT2D eigenvalue weighted by Crippen LogP contribution is 2.29. The van der Waals surface area contributed by atoms with Crippen molar-refractivity contribution in [3.8, 4) is 5.75 Å². The molecule has 0 bridgehead atoms. The summed E-state index contributed by atoms with van der Waals surface area (Å²) in [6.45, 7) is 7.27. The molecule has 1 aromatic carbocycles. The summed E-state index contributed by atoms with van der Waals surface area (Å²) in [7, 11) is 1.34. The number of benzene rings is 1. The van der Waals surface area contributed by atoms with E-state index in [4.69, 9.17) is 13.9 Å². The third kappa shape index (κ3) is 4.42. The minimum Gasteiger partial charge on any atom is -0.480 e. The normalized spacial score (nSPS) is 15.2. The van der Waals surface area contributed by atoms with Crippen LogP contribution in [-0.4, -0.2) is 61.2 Å². The fraction of sp³-hybridized carbons (Fsp3) is 0.500. The Hall–Kier alpha value is -3.03. The van der Waals surface area contributed by atoms with Crippen LogP contribution in [0.3, 0.4) is 0 Å². The summed E-state index contributed by atoms with van der Waals surface area (Å²) in [5.74, 6) is 0.355. The van der Waals surface area contributed by atoms with E-state index in [-0.39, 0.29) is 17.6 Å². The van der Waals surface area contributed by atoms with Gasteiger partial charge < -0.3 is 23.7 Å². The van der Waals surface area contributed by atoms with E-state index in [1.807, 2.05) is 19.1 Å². The van der Waals surface area contributed by atoms with E-state index in [1.165, 1.54) is 13.2 Å². The molecular formula is C22H28N2O6. The molecule has 3 rings (SSSR count). The molecule has 162 valence electrons. The summed E-state index contributed by atoms with van der Waals surface area (Å²) in [4.78, 5) is 39.6. The molecule has 0 N–H and O–H groups in total. The van der Waals surface area contributed by atoms with E-state index in [2.05, 4.69) is 6.92 Å². The lowest BCUT2D eigenvalue weighted by Gasteiger charge is -2.35. The van der Waals surface area contributed by atoms with Gasteiger partial charge in [0.05, 0.1) is 7.11 Å². The van der Waals surface area contributed by atoms with Crippen LogP contribution in [0.1, 0.15) is 31.4 Å². The van der Waals surface area contributed by atoms with Gasteiger partial charge in [0, 0.05) is 43.2 Å². The summed E-state index contributed by atoms with van der Waals surface area (Å²) in [5, 5.41) is 0.888. The van der Waals surface area contributed by atoms with Gasteiger partial charge in [-0.1, -0.05) is 13.3 Å². The molecule has 1 atom stereocenters. The first-order valence-electron chi connectivity index (χ1n) is 10.2. The molecule has 0 saturated carbocycles. The maximum absolute atomic E-state index is 12.8. The van der Waals surface area contributed by atoms with Crippen LogP contribution in [0.5, 0.6) is 5.75 Å². The smallest absolute Gasteiger partial charge is 0.409 e. The molecule has 2 amide bonds. The molecular weight excluding hydrogens is 388 g/mol. The molecule has 1 aromatic heterocycles. The fourth-order valence-corrected chi connectivity index (χ4v) is 3.75. The van der Waals surface area contributed by atoms with Crippen molar-refractivity contribution in [3.05, 3.63) is 39.7 Å². The van der Waals surface area contributed by atoms with Gasteiger partial charge in [-0.2, -0.15) is 0 Å². The SMILES string of the molecule is CCCc1cc(=O)oc2c(C)c(OC(C)C(=O)N3CCN(C(=O)OC)CC3)ccc12. The Bertz CT molecular complexity index is 991. The van der Waals surface area contributed by atoms with E-state index in [0.29, 0.717) is 43.1 Å². The van der Waals surface area contributed by atoms with E-state index >= 15 is 0 Å². The first-order valence-corrected chi connectivity index (χ1v) is 10.2. The van der Waals surface area contributed by atoms with Gasteiger partial charge in [-0.15, -0.1) is 0 Å². The molecule has 1 aliphatic rings. The molecule has 8 heteroatoms. The van der Waals surface area contributed by atoms with Crippen molar-refractivity contribution in [3.63, 3.8) is 0 Å². The Morgan fingerprint density at radius 3 is 2.47 bits per heavy atom. The van der Waals surface area contributed by atoms with E-state index in [1.54, 1.807) is 16.7 Å². The number of fused-ring (bicyclic) bond motifs is 1. The third-order valence-electron chi connectivity index (χ3n) is 5.39. The first kappa shape index (κ1) is 21.7. The van der Waals surface area contributed by atoms with Crippen LogP contribution < -0.4 is 10.4 Å². The lowest BCUT2D eigenvalue weighted by molar-refractivity contribution is -0.139. The zero-order chi connectivity index (χ0) is 21.8. The molecule has 0 radical (unpaired) electrons. The van der Waals surface area contributed by atoms with Gasteiger partial charge in [0.2, 0.25) is 0 Å². The summed E-state index contributed by atoms with van der Waals surface area (Å²) in [6.07, 6.45) is 0.609. The van der Waals surface area contributed by atoms with Gasteiger partial charge in [-0.05, 0) is 38.0 Å². The number of carbonyl (C=O) groups excluding carboxylic acids is 2. The molecule has 8 nitrogen and oxygen atoms in total. The topological polar surface area (TPSA) is 89.3 Å². The Morgan fingerprint density at radius 2 is 1.83 bits per heavy atom. The average Bonchev–Trinajstić information content (AvgIpc) is 2.75. The van der Waals surface area contributed by atoms with Gasteiger partial charge in [0.1, 0.15) is 11.3 Å². The number of piperazine rings is 1. The molecule has 0 aliphatic carbocycles. The predicted molar refractivity (Wildman–Crippen MR) is 112 cm³/mol. The number of nitrogens with zero attached hydrogens (tertiary/aromatic N) is 2. The quantitative estimate of drug-likeness (QED) is 0.697. The lowest BCUT2D eigenvalue weighted by Crippen LogP contribution is -2.53. The highest BCUT2D eigenvalue weighted by molar-refractivity contribution is 5.85. The van der Waals surface area contributed by atoms with Crippen LogP contribution in [0.4, 0.5) is 4.79 Å². The Balaban J connectivity index is 1.74. The molecule has 0 spiro atoms. The van der Waals surface area contributed by atoms with Crippen LogP contribution in [0.15, 0.2) is 27.4 Å². The average molecular weight is 416 g/mol. The monoisotopic (exact) mass is 416 g/mol. The van der Waals surface area contributed by atoms with Crippen molar-refractivity contribution in [2.24, 2.45) is 0 Å². The maximum Gasteiger partial charge on any atom is 0.409 e.